The molecule has 4 rings (SSSR count). The Balaban J connectivity index is 1.59. The second-order valence-electron chi connectivity index (χ2n) is 8.73. The van der Waals surface area contributed by atoms with Crippen LogP contribution in [0.1, 0.15) is 30.8 Å². The Labute approximate surface area is 199 Å². The minimum atomic E-state index is -4.88. The lowest BCUT2D eigenvalue weighted by Gasteiger charge is -2.50. The number of carbonyl (C=O) groups excluding carboxylic acids is 1. The molecule has 3 heterocycles. The molecule has 0 bridgehead atoms. The fourth-order valence-electron chi connectivity index (χ4n) is 4.92. The molecule has 14 heteroatoms. The number of hydrogen-bond donors (Lipinski definition) is 3. The number of aromatic nitrogens is 1. The third-order valence-corrected chi connectivity index (χ3v) is 8.98. The molecule has 1 aromatic rings. The van der Waals surface area contributed by atoms with E-state index in [0.717, 1.165) is 22.6 Å². The summed E-state index contributed by atoms with van der Waals surface area (Å²) in [5, 5.41) is 13.1. The fraction of sp³-hybridized carbons (Fsp3) is 0.476. The third-order valence-electron chi connectivity index (χ3n) is 6.59. The summed E-state index contributed by atoms with van der Waals surface area (Å²) in [6.07, 6.45) is -0.588. The second-order valence-corrected chi connectivity index (χ2v) is 10.9. The molecule has 35 heavy (non-hydrogen) atoms. The summed E-state index contributed by atoms with van der Waals surface area (Å²) in [4.78, 5) is 16.5. The zero-order valence-corrected chi connectivity index (χ0v) is 19.8. The first-order chi connectivity index (χ1) is 16.2. The Kier molecular flexibility index (Phi) is 5.98. The van der Waals surface area contributed by atoms with E-state index in [0.29, 0.717) is 11.5 Å². The molecule has 190 valence electrons. The maximum atomic E-state index is 13.2. The first kappa shape index (κ1) is 24.8. The molecule has 3 aliphatic rings. The third kappa shape index (κ3) is 4.42. The molecule has 0 spiro atoms. The Bertz CT molecular complexity index is 1210. The van der Waals surface area contributed by atoms with Crippen molar-refractivity contribution in [3.63, 3.8) is 0 Å². The number of rotatable bonds is 3. The van der Waals surface area contributed by atoms with Crippen molar-refractivity contribution in [2.45, 2.75) is 37.4 Å². The van der Waals surface area contributed by atoms with Crippen molar-refractivity contribution in [2.24, 2.45) is 11.8 Å². The van der Waals surface area contributed by atoms with Crippen LogP contribution in [0, 0.1) is 17.2 Å². The summed E-state index contributed by atoms with van der Waals surface area (Å²) >= 11 is 0. The minimum Gasteiger partial charge on any atom is -0.497 e. The highest BCUT2D eigenvalue weighted by Gasteiger charge is 2.58. The number of nitrogens with one attached hydrogen (secondary N) is 3. The molecule has 0 aromatic carbocycles. The average Bonchev–Trinajstić information content (AvgIpc) is 2.90. The molecule has 3 N–H and O–H groups in total. The van der Waals surface area contributed by atoms with Gasteiger partial charge in [0.1, 0.15) is 22.5 Å². The first-order valence-electron chi connectivity index (χ1n) is 10.7. The van der Waals surface area contributed by atoms with Crippen molar-refractivity contribution in [1.82, 2.24) is 19.9 Å². The molecule has 10 nitrogen and oxygen atoms in total. The Hall–Kier alpha value is -3.29. The molecule has 0 radical (unpaired) electrons. The molecule has 0 saturated carbocycles. The van der Waals surface area contributed by atoms with Crippen LogP contribution in [0.25, 0.3) is 0 Å². The number of nitrogens with zero attached hydrogens (tertiary/aromatic N) is 2. The van der Waals surface area contributed by atoms with Gasteiger partial charge in [0.15, 0.2) is 0 Å². The largest absolute Gasteiger partial charge is 0.573 e. The predicted molar refractivity (Wildman–Crippen MR) is 118 cm³/mol. The van der Waals surface area contributed by atoms with Gasteiger partial charge >= 0.3 is 6.36 Å². The van der Waals surface area contributed by atoms with Gasteiger partial charge in [0.05, 0.1) is 18.3 Å². The molecule has 1 aromatic heterocycles. The van der Waals surface area contributed by atoms with Crippen molar-refractivity contribution in [3.8, 4) is 5.75 Å². The fourth-order valence-corrected chi connectivity index (χ4v) is 6.82. The highest BCUT2D eigenvalue weighted by Crippen LogP contribution is 2.46. The van der Waals surface area contributed by atoms with E-state index in [-0.39, 0.29) is 24.7 Å². The van der Waals surface area contributed by atoms with Gasteiger partial charge in [-0.3, -0.25) is 10.2 Å². The number of allylic oxidation sites excluding steroid dienone is 3. The second kappa shape index (κ2) is 8.43. The van der Waals surface area contributed by atoms with Gasteiger partial charge in [0, 0.05) is 31.0 Å². The number of guanidine groups is 1. The Morgan fingerprint density at radius 1 is 1.37 bits per heavy atom. The number of fused-ring (bicyclic) bond motifs is 3. The number of alkyl halides is 3. The number of sulfonamides is 1. The maximum absolute atomic E-state index is 13.2. The topological polar surface area (TPSA) is 134 Å². The molecule has 1 aliphatic carbocycles. The van der Waals surface area contributed by atoms with E-state index < -0.39 is 50.7 Å². The van der Waals surface area contributed by atoms with Crippen LogP contribution in [0.15, 0.2) is 41.9 Å². The zero-order valence-electron chi connectivity index (χ0n) is 19.0. The SMILES string of the molecule is CC1C(NC(=O)c2ccc(OC(F)(F)F)cn2)=CC=C2OCC[C@H]3[C@](C)(NC(=N)N(C)S3(=O)=O)C21. The maximum Gasteiger partial charge on any atom is 0.573 e. The van der Waals surface area contributed by atoms with Crippen molar-refractivity contribution in [2.75, 3.05) is 13.7 Å². The van der Waals surface area contributed by atoms with Crippen LogP contribution in [0.2, 0.25) is 0 Å². The van der Waals surface area contributed by atoms with Crippen LogP contribution in [0.5, 0.6) is 5.75 Å². The number of pyridine rings is 1. The van der Waals surface area contributed by atoms with E-state index in [1.54, 1.807) is 26.0 Å². The highest BCUT2D eigenvalue weighted by molar-refractivity contribution is 7.90. The van der Waals surface area contributed by atoms with Crippen molar-refractivity contribution in [3.05, 3.63) is 47.6 Å². The lowest BCUT2D eigenvalue weighted by atomic mass is 9.71. The van der Waals surface area contributed by atoms with Crippen LogP contribution in [0.3, 0.4) is 0 Å². The lowest BCUT2D eigenvalue weighted by Crippen LogP contribution is -2.71. The number of carbonyl (C=O) groups is 1. The van der Waals surface area contributed by atoms with E-state index in [1.165, 1.54) is 7.05 Å². The van der Waals surface area contributed by atoms with Crippen molar-refractivity contribution in [1.29, 1.82) is 5.41 Å². The van der Waals surface area contributed by atoms with E-state index in [9.17, 15) is 26.4 Å². The van der Waals surface area contributed by atoms with Crippen LogP contribution in [-0.2, 0) is 14.8 Å². The molecule has 2 unspecified atom stereocenters. The molecule has 2 aliphatic heterocycles. The molecule has 2 fully saturated rings. The van der Waals surface area contributed by atoms with Gasteiger partial charge in [-0.2, -0.15) is 0 Å². The summed E-state index contributed by atoms with van der Waals surface area (Å²) in [5.41, 5.74) is -0.801. The minimum absolute atomic E-state index is 0.134. The lowest BCUT2D eigenvalue weighted by molar-refractivity contribution is -0.274. The van der Waals surface area contributed by atoms with Gasteiger partial charge in [-0.05, 0) is 31.2 Å². The quantitative estimate of drug-likeness (QED) is 0.561. The van der Waals surface area contributed by atoms with Crippen LogP contribution in [-0.4, -0.2) is 60.4 Å². The zero-order chi connectivity index (χ0) is 25.8. The Morgan fingerprint density at radius 3 is 2.71 bits per heavy atom. The van der Waals surface area contributed by atoms with Crippen LogP contribution in [0.4, 0.5) is 13.2 Å². The number of amides is 1. The van der Waals surface area contributed by atoms with Gasteiger partial charge in [0.25, 0.3) is 5.91 Å². The Morgan fingerprint density at radius 2 is 2.09 bits per heavy atom. The summed E-state index contributed by atoms with van der Waals surface area (Å²) in [7, 11) is -2.52. The van der Waals surface area contributed by atoms with E-state index in [1.807, 2.05) is 0 Å². The average molecular weight is 516 g/mol. The number of ether oxygens (including phenoxy) is 2. The van der Waals surface area contributed by atoms with Crippen LogP contribution < -0.4 is 15.4 Å². The van der Waals surface area contributed by atoms with Crippen molar-refractivity contribution < 1.29 is 35.9 Å². The van der Waals surface area contributed by atoms with Gasteiger partial charge in [-0.15, -0.1) is 13.2 Å². The van der Waals surface area contributed by atoms with Crippen molar-refractivity contribution >= 4 is 21.9 Å². The van der Waals surface area contributed by atoms with Gasteiger partial charge in [0.2, 0.25) is 16.0 Å². The van der Waals surface area contributed by atoms with Gasteiger partial charge in [-0.25, -0.2) is 17.7 Å². The monoisotopic (exact) mass is 515 g/mol. The van der Waals surface area contributed by atoms with Crippen LogP contribution >= 0.6 is 0 Å². The summed E-state index contributed by atoms with van der Waals surface area (Å²) in [5.74, 6) is -1.94. The van der Waals surface area contributed by atoms with E-state index in [2.05, 4.69) is 20.4 Å². The van der Waals surface area contributed by atoms with Gasteiger partial charge in [-0.1, -0.05) is 6.92 Å². The standard InChI is InChI=1S/C21H24F3N5O5S/c1-11-13(27-18(30)14-5-4-12(10-26-14)34-21(22,23)24)6-7-15-17(11)20(2)16(8-9-33-15)35(31,32)29(3)19(25)28-20/h4-7,10-11,16-17H,8-9H2,1-3H3,(H2,25,28)(H,27,30)/t11?,16-,17?,20-/m0/s1. The van der Waals surface area contributed by atoms with E-state index >= 15 is 0 Å². The predicted octanol–water partition coefficient (Wildman–Crippen LogP) is 2.09. The number of halogens is 3. The number of hydrogen-bond acceptors (Lipinski definition) is 7. The first-order valence-corrected chi connectivity index (χ1v) is 12.2. The normalized spacial score (nSPS) is 29.8. The molecule has 1 amide bonds. The molecular formula is C21H24F3N5O5S. The smallest absolute Gasteiger partial charge is 0.497 e. The highest BCUT2D eigenvalue weighted by atomic mass is 32.2. The summed E-state index contributed by atoms with van der Waals surface area (Å²) in [6.45, 7) is 3.69. The van der Waals surface area contributed by atoms with E-state index in [4.69, 9.17) is 10.1 Å². The molecule has 4 atom stereocenters. The summed E-state index contributed by atoms with van der Waals surface area (Å²) in [6, 6.07) is 2.08. The molecule has 2 saturated heterocycles. The summed E-state index contributed by atoms with van der Waals surface area (Å²) < 4.78 is 73.9. The molecular weight excluding hydrogens is 491 g/mol. The van der Waals surface area contributed by atoms with Gasteiger partial charge < -0.3 is 20.1 Å².